The van der Waals surface area contributed by atoms with Crippen LogP contribution in [-0.2, 0) is 0 Å². The van der Waals surface area contributed by atoms with Crippen molar-refractivity contribution in [3.05, 3.63) is 68.8 Å². The monoisotopic (exact) mass is 272 g/mol. The Labute approximate surface area is 112 Å². The average molecular weight is 272 g/mol. The summed E-state index contributed by atoms with van der Waals surface area (Å²) < 4.78 is 0. The first-order valence-corrected chi connectivity index (χ1v) is 5.47. The topological polar surface area (TPSA) is 111 Å². The third kappa shape index (κ3) is 3.19. The van der Waals surface area contributed by atoms with Crippen molar-refractivity contribution in [1.82, 2.24) is 0 Å². The molecule has 0 aliphatic rings. The maximum Gasteiger partial charge on any atom is 0.278 e. The van der Waals surface area contributed by atoms with Crippen molar-refractivity contribution >= 4 is 22.7 Å². The molecule has 0 spiro atoms. The van der Waals surface area contributed by atoms with Gasteiger partial charge in [0.1, 0.15) is 0 Å². The van der Waals surface area contributed by atoms with E-state index in [4.69, 9.17) is 0 Å². The van der Waals surface area contributed by atoms with Crippen molar-refractivity contribution in [2.45, 2.75) is 0 Å². The highest BCUT2D eigenvalue weighted by molar-refractivity contribution is 5.55. The molecule has 0 heterocycles. The van der Waals surface area contributed by atoms with Gasteiger partial charge in [-0.25, -0.2) is 0 Å². The lowest BCUT2D eigenvalue weighted by Gasteiger charge is -1.96. The molecule has 2 rings (SSSR count). The molecule has 0 bridgehead atoms. The van der Waals surface area contributed by atoms with Gasteiger partial charge in [0.15, 0.2) is 0 Å². The predicted octanol–water partition coefficient (Wildman–Crippen LogP) is 3.92. The quantitative estimate of drug-likeness (QED) is 0.477. The Morgan fingerprint density at radius 1 is 0.750 bits per heavy atom. The number of nitro benzene ring substituents is 2. The molecule has 8 heteroatoms. The van der Waals surface area contributed by atoms with Crippen molar-refractivity contribution in [2.75, 3.05) is 0 Å². The van der Waals surface area contributed by atoms with E-state index in [-0.39, 0.29) is 5.69 Å². The highest BCUT2D eigenvalue weighted by Gasteiger charge is 2.16. The van der Waals surface area contributed by atoms with Crippen LogP contribution in [0.2, 0.25) is 0 Å². The molecule has 0 saturated heterocycles. The van der Waals surface area contributed by atoms with Gasteiger partial charge < -0.3 is 0 Å². The molecule has 0 radical (unpaired) electrons. The molecule has 0 amide bonds. The third-order valence-corrected chi connectivity index (χ3v) is 2.35. The number of non-ortho nitro benzene ring substituents is 2. The smallest absolute Gasteiger partial charge is 0.258 e. The van der Waals surface area contributed by atoms with Gasteiger partial charge in [0.05, 0.1) is 27.3 Å². The van der Waals surface area contributed by atoms with Crippen LogP contribution in [-0.4, -0.2) is 9.85 Å². The fraction of sp³-hybridized carbons (Fsp3) is 0. The Kier molecular flexibility index (Phi) is 3.75. The minimum atomic E-state index is -0.714. The normalized spacial score (nSPS) is 10.6. The highest BCUT2D eigenvalue weighted by Crippen LogP contribution is 2.28. The fourth-order valence-corrected chi connectivity index (χ4v) is 1.46. The van der Waals surface area contributed by atoms with Gasteiger partial charge in [-0.1, -0.05) is 18.2 Å². The maximum atomic E-state index is 10.7. The van der Waals surface area contributed by atoms with Crippen LogP contribution < -0.4 is 0 Å². The molecule has 20 heavy (non-hydrogen) atoms. The number of benzene rings is 2. The minimum absolute atomic E-state index is 0.0507. The van der Waals surface area contributed by atoms with Gasteiger partial charge >= 0.3 is 0 Å². The molecule has 0 saturated carbocycles. The van der Waals surface area contributed by atoms with Crippen molar-refractivity contribution in [3.63, 3.8) is 0 Å². The maximum absolute atomic E-state index is 10.7. The SMILES string of the molecule is O=[N+]([O-])c1cc(N=Nc2ccccc2)cc([N+](=O)[O-])c1. The summed E-state index contributed by atoms with van der Waals surface area (Å²) in [5.74, 6) is 0. The van der Waals surface area contributed by atoms with Gasteiger partial charge in [0.2, 0.25) is 0 Å². The number of rotatable bonds is 4. The molecule has 2 aromatic rings. The standard InChI is InChI=1S/C12H8N4O4/c17-15(18)11-6-10(7-12(8-11)16(19)20)14-13-9-4-2-1-3-5-9/h1-8H. The molecule has 0 atom stereocenters. The Morgan fingerprint density at radius 3 is 1.75 bits per heavy atom. The van der Waals surface area contributed by atoms with E-state index in [2.05, 4.69) is 10.2 Å². The van der Waals surface area contributed by atoms with Crippen LogP contribution in [0.25, 0.3) is 0 Å². The molecule has 0 aliphatic heterocycles. The van der Waals surface area contributed by atoms with Crippen molar-refractivity contribution < 1.29 is 9.85 Å². The molecule has 100 valence electrons. The van der Waals surface area contributed by atoms with Crippen LogP contribution in [0.1, 0.15) is 0 Å². The first kappa shape index (κ1) is 13.3. The molecule has 0 aliphatic carbocycles. The second-order valence-electron chi connectivity index (χ2n) is 3.76. The lowest BCUT2D eigenvalue weighted by molar-refractivity contribution is -0.394. The Hall–Kier alpha value is -3.16. The number of nitro groups is 2. The van der Waals surface area contributed by atoms with Crippen molar-refractivity contribution in [1.29, 1.82) is 0 Å². The molecule has 2 aromatic carbocycles. The second-order valence-corrected chi connectivity index (χ2v) is 3.76. The zero-order valence-corrected chi connectivity index (χ0v) is 10.0. The first-order chi connectivity index (χ1) is 9.56. The van der Waals surface area contributed by atoms with Gasteiger partial charge in [-0.05, 0) is 12.1 Å². The van der Waals surface area contributed by atoms with Crippen LogP contribution in [0.4, 0.5) is 22.7 Å². The minimum Gasteiger partial charge on any atom is -0.258 e. The van der Waals surface area contributed by atoms with Crippen LogP contribution >= 0.6 is 0 Å². The lowest BCUT2D eigenvalue weighted by atomic mass is 10.2. The molecule has 0 aromatic heterocycles. The van der Waals surface area contributed by atoms with Gasteiger partial charge in [0, 0.05) is 12.1 Å². The van der Waals surface area contributed by atoms with Crippen LogP contribution in [0.5, 0.6) is 0 Å². The van der Waals surface area contributed by atoms with E-state index in [1.165, 1.54) is 0 Å². The number of hydrogen-bond donors (Lipinski definition) is 0. The van der Waals surface area contributed by atoms with Crippen LogP contribution in [0.15, 0.2) is 58.8 Å². The summed E-state index contributed by atoms with van der Waals surface area (Å²) in [6.45, 7) is 0. The van der Waals surface area contributed by atoms with E-state index < -0.39 is 21.2 Å². The first-order valence-electron chi connectivity index (χ1n) is 5.47. The van der Waals surface area contributed by atoms with E-state index in [1.54, 1.807) is 30.3 Å². The summed E-state index contributed by atoms with van der Waals surface area (Å²) in [5, 5.41) is 29.1. The van der Waals surface area contributed by atoms with Crippen molar-refractivity contribution in [2.24, 2.45) is 10.2 Å². The summed E-state index contributed by atoms with van der Waals surface area (Å²) in [6, 6.07) is 11.8. The zero-order chi connectivity index (χ0) is 14.5. The lowest BCUT2D eigenvalue weighted by Crippen LogP contribution is -1.92. The summed E-state index contributed by atoms with van der Waals surface area (Å²) >= 11 is 0. The molecule has 0 N–H and O–H groups in total. The molecule has 0 unspecified atom stereocenters. The summed E-state index contributed by atoms with van der Waals surface area (Å²) in [6.07, 6.45) is 0. The van der Waals surface area contributed by atoms with Gasteiger partial charge in [-0.3, -0.25) is 20.2 Å². The highest BCUT2D eigenvalue weighted by atomic mass is 16.6. The zero-order valence-electron chi connectivity index (χ0n) is 10.0. The van der Waals surface area contributed by atoms with E-state index in [9.17, 15) is 20.2 Å². The largest absolute Gasteiger partial charge is 0.278 e. The molecule has 0 fully saturated rings. The summed E-state index contributed by atoms with van der Waals surface area (Å²) in [5.41, 5.74) is -0.209. The van der Waals surface area contributed by atoms with Gasteiger partial charge in [-0.15, -0.1) is 0 Å². The third-order valence-electron chi connectivity index (χ3n) is 2.35. The number of nitrogens with zero attached hydrogens (tertiary/aromatic N) is 4. The fourth-order valence-electron chi connectivity index (χ4n) is 1.46. The van der Waals surface area contributed by atoms with Crippen LogP contribution in [0, 0.1) is 20.2 Å². The summed E-state index contributed by atoms with van der Waals surface area (Å²) in [4.78, 5) is 20.0. The predicted molar refractivity (Wildman–Crippen MR) is 70.4 cm³/mol. The van der Waals surface area contributed by atoms with Crippen LogP contribution in [0.3, 0.4) is 0 Å². The van der Waals surface area contributed by atoms with Crippen molar-refractivity contribution in [3.8, 4) is 0 Å². The molecular formula is C12H8N4O4. The molecular weight excluding hydrogens is 264 g/mol. The van der Waals surface area contributed by atoms with Gasteiger partial charge in [0.25, 0.3) is 11.4 Å². The van der Waals surface area contributed by atoms with Gasteiger partial charge in [-0.2, -0.15) is 10.2 Å². The Morgan fingerprint density at radius 2 is 1.25 bits per heavy atom. The van der Waals surface area contributed by atoms with E-state index >= 15 is 0 Å². The molecule has 8 nitrogen and oxygen atoms in total. The second kappa shape index (κ2) is 5.65. The average Bonchev–Trinajstić information content (AvgIpc) is 2.45. The summed E-state index contributed by atoms with van der Waals surface area (Å²) in [7, 11) is 0. The Bertz CT molecular complexity index is 653. The van der Waals surface area contributed by atoms with E-state index in [0.29, 0.717) is 5.69 Å². The number of azo groups is 1. The Balaban J connectivity index is 2.38. The van der Waals surface area contributed by atoms with E-state index in [1.807, 2.05) is 0 Å². The number of hydrogen-bond acceptors (Lipinski definition) is 6. The van der Waals surface area contributed by atoms with E-state index in [0.717, 1.165) is 18.2 Å².